The van der Waals surface area contributed by atoms with Crippen LogP contribution in [-0.2, 0) is 14.8 Å². The molecule has 1 aliphatic rings. The van der Waals surface area contributed by atoms with Gasteiger partial charge in [0.25, 0.3) is 10.0 Å². The number of ether oxygens (including phenoxy) is 1. The number of nitrogens with one attached hydrogen (secondary N) is 1. The molecule has 1 aliphatic heterocycles. The Balaban J connectivity index is 1.74. The number of carbonyl (C=O) groups excluding carboxylic acids is 2. The second-order valence-corrected chi connectivity index (χ2v) is 9.68. The number of Topliss-reactive ketones (excluding diaryl/α,β-unsaturated/α-hetero) is 1. The van der Waals surface area contributed by atoms with Gasteiger partial charge in [-0.15, -0.1) is 13.2 Å². The molecule has 38 heavy (non-hydrogen) atoms. The fraction of sp³-hybridized carbons (Fsp3) is 0.0800. The molecule has 13 heteroatoms. The monoisotopic (exact) mass is 543 g/mol. The molecule has 0 radical (unpaired) electrons. The molecule has 0 unspecified atom stereocenters. The molecular formula is C25H16F3N3O6S. The lowest BCUT2D eigenvalue weighted by Crippen LogP contribution is -2.43. The number of sulfonamides is 1. The van der Waals surface area contributed by atoms with Gasteiger partial charge in [0, 0.05) is 22.9 Å². The second kappa shape index (κ2) is 9.91. The van der Waals surface area contributed by atoms with Gasteiger partial charge in [-0.2, -0.15) is 5.26 Å². The summed E-state index contributed by atoms with van der Waals surface area (Å²) in [5.74, 6) is -3.28. The molecular weight excluding hydrogens is 527 g/mol. The molecule has 0 atom stereocenters. The first-order chi connectivity index (χ1) is 17.9. The van der Waals surface area contributed by atoms with Gasteiger partial charge in [0.1, 0.15) is 18.0 Å². The van der Waals surface area contributed by atoms with Gasteiger partial charge in [-0.25, -0.2) is 12.7 Å². The van der Waals surface area contributed by atoms with Crippen LogP contribution in [0.3, 0.4) is 0 Å². The number of carbonyl (C=O) groups is 2. The number of ketones is 1. The summed E-state index contributed by atoms with van der Waals surface area (Å²) in [4.78, 5) is 25.8. The average Bonchev–Trinajstić information content (AvgIpc) is 2.86. The summed E-state index contributed by atoms with van der Waals surface area (Å²) in [6, 6.07) is 16.7. The Kier molecular flexibility index (Phi) is 6.84. The molecule has 0 saturated carbocycles. The number of fused-ring (bicyclic) bond motifs is 1. The number of hydrogen-bond donors (Lipinski definition) is 2. The van der Waals surface area contributed by atoms with Crippen molar-refractivity contribution in [1.82, 2.24) is 4.31 Å². The number of benzene rings is 3. The Morgan fingerprint density at radius 3 is 2.39 bits per heavy atom. The maximum Gasteiger partial charge on any atom is 0.573 e. The van der Waals surface area contributed by atoms with Gasteiger partial charge in [-0.3, -0.25) is 9.59 Å². The molecule has 4 rings (SSSR count). The van der Waals surface area contributed by atoms with E-state index in [2.05, 4.69) is 10.1 Å². The van der Waals surface area contributed by atoms with Crippen molar-refractivity contribution < 1.29 is 41.0 Å². The Labute approximate surface area is 214 Å². The molecule has 194 valence electrons. The largest absolute Gasteiger partial charge is 0.573 e. The summed E-state index contributed by atoms with van der Waals surface area (Å²) in [6.45, 7) is -0.998. The van der Waals surface area contributed by atoms with Crippen LogP contribution >= 0.6 is 0 Å². The Morgan fingerprint density at radius 1 is 1.05 bits per heavy atom. The standard InChI is InChI=1S/C25H16F3N3O6S/c26-25(27,28)37-18-5-3-4-17(12-18)30-21(32)14-31-22(23(33)16-10-8-15(13-29)9-11-16)24(34)19-6-1-2-7-20(19)38(31,35)36/h1-12,33H,14H2,(H,30,32)/b23-22+. The number of allylic oxidation sites excluding steroid dienone is 1. The van der Waals surface area contributed by atoms with Crippen molar-refractivity contribution in [2.24, 2.45) is 0 Å². The third-order valence-electron chi connectivity index (χ3n) is 5.31. The van der Waals surface area contributed by atoms with Crippen LogP contribution < -0.4 is 10.1 Å². The van der Waals surface area contributed by atoms with Crippen LogP contribution in [0, 0.1) is 11.3 Å². The highest BCUT2D eigenvalue weighted by Gasteiger charge is 2.42. The minimum Gasteiger partial charge on any atom is -0.505 e. The zero-order chi connectivity index (χ0) is 27.7. The average molecular weight is 543 g/mol. The van der Waals surface area contributed by atoms with Gasteiger partial charge >= 0.3 is 6.36 Å². The van der Waals surface area contributed by atoms with Crippen molar-refractivity contribution in [3.05, 3.63) is 95.2 Å². The van der Waals surface area contributed by atoms with Gasteiger partial charge in [-0.1, -0.05) is 18.2 Å². The minimum atomic E-state index is -4.97. The Morgan fingerprint density at radius 2 is 1.74 bits per heavy atom. The van der Waals surface area contributed by atoms with Crippen LogP contribution in [-0.4, -0.2) is 42.4 Å². The van der Waals surface area contributed by atoms with E-state index < -0.39 is 56.7 Å². The first-order valence-corrected chi connectivity index (χ1v) is 12.1. The van der Waals surface area contributed by atoms with Crippen LogP contribution in [0.15, 0.2) is 83.4 Å². The van der Waals surface area contributed by atoms with E-state index >= 15 is 0 Å². The Hall–Kier alpha value is -4.83. The molecule has 1 amide bonds. The number of halogens is 3. The highest BCUT2D eigenvalue weighted by molar-refractivity contribution is 7.89. The number of anilines is 1. The highest BCUT2D eigenvalue weighted by Crippen LogP contribution is 2.35. The van der Waals surface area contributed by atoms with Crippen LogP contribution in [0.25, 0.3) is 5.76 Å². The lowest BCUT2D eigenvalue weighted by Gasteiger charge is -2.31. The molecule has 0 bridgehead atoms. The van der Waals surface area contributed by atoms with Crippen molar-refractivity contribution in [1.29, 1.82) is 5.26 Å². The van der Waals surface area contributed by atoms with E-state index in [0.717, 1.165) is 12.1 Å². The fourth-order valence-electron chi connectivity index (χ4n) is 3.69. The van der Waals surface area contributed by atoms with Crippen molar-refractivity contribution in [3.8, 4) is 11.8 Å². The molecule has 0 fully saturated rings. The van der Waals surface area contributed by atoms with E-state index in [0.29, 0.717) is 4.31 Å². The van der Waals surface area contributed by atoms with Gasteiger partial charge in [-0.05, 0) is 48.5 Å². The second-order valence-electron chi connectivity index (χ2n) is 7.85. The molecule has 2 N–H and O–H groups in total. The predicted molar refractivity (Wildman–Crippen MR) is 127 cm³/mol. The molecule has 3 aromatic carbocycles. The molecule has 1 heterocycles. The van der Waals surface area contributed by atoms with Crippen LogP contribution in [0.1, 0.15) is 21.5 Å². The minimum absolute atomic E-state index is 0.00402. The van der Waals surface area contributed by atoms with Gasteiger partial charge in [0.2, 0.25) is 11.7 Å². The lowest BCUT2D eigenvalue weighted by atomic mass is 10.0. The number of aliphatic hydroxyl groups is 1. The summed E-state index contributed by atoms with van der Waals surface area (Å²) in [5.41, 5.74) is -0.828. The van der Waals surface area contributed by atoms with E-state index in [4.69, 9.17) is 5.26 Å². The number of rotatable bonds is 5. The molecule has 3 aromatic rings. The normalized spacial score (nSPS) is 15.7. The van der Waals surface area contributed by atoms with Crippen LogP contribution in [0.5, 0.6) is 5.75 Å². The molecule has 0 aliphatic carbocycles. The first-order valence-electron chi connectivity index (χ1n) is 10.7. The SMILES string of the molecule is N#Cc1ccc(/C(O)=C2/C(=O)c3ccccc3S(=O)(=O)N2CC(=O)Nc2cccc(OC(F)(F)F)c2)cc1. The smallest absolute Gasteiger partial charge is 0.505 e. The quantitative estimate of drug-likeness (QED) is 0.363. The van der Waals surface area contributed by atoms with E-state index in [-0.39, 0.29) is 22.4 Å². The zero-order valence-corrected chi connectivity index (χ0v) is 19.9. The maximum absolute atomic E-state index is 13.5. The highest BCUT2D eigenvalue weighted by atomic mass is 32.2. The van der Waals surface area contributed by atoms with Crippen LogP contribution in [0.4, 0.5) is 18.9 Å². The Bertz CT molecular complexity index is 1610. The van der Waals surface area contributed by atoms with Gasteiger partial charge in [0.05, 0.1) is 16.5 Å². The van der Waals surface area contributed by atoms with Crippen molar-refractivity contribution in [2.75, 3.05) is 11.9 Å². The van der Waals surface area contributed by atoms with Crippen molar-refractivity contribution in [3.63, 3.8) is 0 Å². The van der Waals surface area contributed by atoms with E-state index in [1.807, 2.05) is 6.07 Å². The number of nitriles is 1. The summed E-state index contributed by atoms with van der Waals surface area (Å²) in [6.07, 6.45) is -4.97. The van der Waals surface area contributed by atoms with E-state index in [1.54, 1.807) is 0 Å². The number of aliphatic hydroxyl groups excluding tert-OH is 1. The molecule has 0 aromatic heterocycles. The number of alkyl halides is 3. The van der Waals surface area contributed by atoms with Crippen molar-refractivity contribution >= 4 is 33.2 Å². The molecule has 0 saturated heterocycles. The third kappa shape index (κ3) is 5.30. The molecule has 9 nitrogen and oxygen atoms in total. The summed E-state index contributed by atoms with van der Waals surface area (Å²) in [5, 5.41) is 22.2. The van der Waals surface area contributed by atoms with Gasteiger partial charge in [0.15, 0.2) is 5.76 Å². The van der Waals surface area contributed by atoms with E-state index in [1.165, 1.54) is 60.7 Å². The molecule has 0 spiro atoms. The maximum atomic E-state index is 13.5. The topological polar surface area (TPSA) is 137 Å². The summed E-state index contributed by atoms with van der Waals surface area (Å²) >= 11 is 0. The number of nitrogens with zero attached hydrogens (tertiary/aromatic N) is 2. The summed E-state index contributed by atoms with van der Waals surface area (Å²) < 4.78 is 68.7. The van der Waals surface area contributed by atoms with Gasteiger partial charge < -0.3 is 15.2 Å². The first kappa shape index (κ1) is 26.2. The number of amides is 1. The third-order valence-corrected chi connectivity index (χ3v) is 7.12. The summed E-state index contributed by atoms with van der Waals surface area (Å²) in [7, 11) is -4.54. The number of hydrogen-bond acceptors (Lipinski definition) is 7. The zero-order valence-electron chi connectivity index (χ0n) is 19.1. The van der Waals surface area contributed by atoms with Crippen molar-refractivity contribution in [2.45, 2.75) is 11.3 Å². The lowest BCUT2D eigenvalue weighted by molar-refractivity contribution is -0.274. The van der Waals surface area contributed by atoms with Crippen LogP contribution in [0.2, 0.25) is 0 Å². The predicted octanol–water partition coefficient (Wildman–Crippen LogP) is 4.21. The van der Waals surface area contributed by atoms with E-state index in [9.17, 15) is 36.3 Å². The fourth-order valence-corrected chi connectivity index (χ4v) is 5.31.